The van der Waals surface area contributed by atoms with Crippen molar-refractivity contribution in [1.82, 2.24) is 4.73 Å². The number of ether oxygens (including phenoxy) is 2. The summed E-state index contributed by atoms with van der Waals surface area (Å²) in [5.74, 6) is 0.0805. The maximum atomic E-state index is 13.6. The highest BCUT2D eigenvalue weighted by atomic mass is 32.2. The van der Waals surface area contributed by atoms with Crippen molar-refractivity contribution < 1.29 is 27.0 Å². The van der Waals surface area contributed by atoms with Crippen LogP contribution in [0.3, 0.4) is 0 Å². The van der Waals surface area contributed by atoms with Gasteiger partial charge in [-0.2, -0.15) is 8.42 Å². The molecule has 10 heteroatoms. The Hall–Kier alpha value is -3.40. The van der Waals surface area contributed by atoms with Crippen LogP contribution in [0.2, 0.25) is 0 Å². The molecular weight excluding hydrogens is 486 g/mol. The predicted octanol–water partition coefficient (Wildman–Crippen LogP) is 2.69. The Morgan fingerprint density at radius 3 is 1.83 bits per heavy atom. The second-order valence-corrected chi connectivity index (χ2v) is 11.7. The van der Waals surface area contributed by atoms with Crippen molar-refractivity contribution >= 4 is 37.4 Å². The largest absolute Gasteiger partial charge is 0.497 e. The number of Topliss-reactive ketones (excluding diaryl/α,β-unsaturated/α-hetero) is 1. The van der Waals surface area contributed by atoms with Gasteiger partial charge in [0.25, 0.3) is 11.1 Å². The summed E-state index contributed by atoms with van der Waals surface area (Å²) in [6, 6.07) is 9.39. The summed E-state index contributed by atoms with van der Waals surface area (Å²) in [5.41, 5.74) is -3.55. The SMILES string of the molecule is COc1ccc2c(c1)c(=O)n(OS(=O)(=O)CC13CCC(CC1=O)C3(C)C)c(=O)c1cc(OC)ccc12. The topological polar surface area (TPSA) is 118 Å². The number of hydrogen-bond acceptors (Lipinski definition) is 8. The van der Waals surface area contributed by atoms with E-state index in [-0.39, 0.29) is 27.2 Å². The van der Waals surface area contributed by atoms with E-state index in [4.69, 9.17) is 13.8 Å². The molecule has 190 valence electrons. The van der Waals surface area contributed by atoms with E-state index in [1.54, 1.807) is 24.3 Å². The lowest BCUT2D eigenvalue weighted by Gasteiger charge is -2.35. The van der Waals surface area contributed by atoms with Crippen LogP contribution in [0.5, 0.6) is 11.5 Å². The van der Waals surface area contributed by atoms with Gasteiger partial charge in [-0.1, -0.05) is 18.6 Å². The monoisotopic (exact) mass is 513 g/mol. The molecule has 0 radical (unpaired) electrons. The molecule has 36 heavy (non-hydrogen) atoms. The number of carbonyl (C=O) groups is 1. The Bertz CT molecular complexity index is 1580. The van der Waals surface area contributed by atoms with Gasteiger partial charge in [0.1, 0.15) is 23.0 Å². The first-order valence-corrected chi connectivity index (χ1v) is 13.2. The van der Waals surface area contributed by atoms with E-state index >= 15 is 0 Å². The van der Waals surface area contributed by atoms with Crippen LogP contribution in [0, 0.1) is 16.7 Å². The van der Waals surface area contributed by atoms with Crippen molar-refractivity contribution in [3.8, 4) is 11.5 Å². The highest BCUT2D eigenvalue weighted by Gasteiger charge is 2.65. The fraction of sp³-hybridized carbons (Fsp3) is 0.423. The number of benzene rings is 2. The van der Waals surface area contributed by atoms with Gasteiger partial charge in [0.05, 0.1) is 30.4 Å². The van der Waals surface area contributed by atoms with E-state index in [2.05, 4.69) is 0 Å². The lowest BCUT2D eigenvalue weighted by molar-refractivity contribution is -0.128. The Labute approximate surface area is 207 Å². The zero-order valence-electron chi connectivity index (χ0n) is 20.5. The van der Waals surface area contributed by atoms with Gasteiger partial charge in [-0.25, -0.2) is 0 Å². The Morgan fingerprint density at radius 1 is 0.889 bits per heavy atom. The number of methoxy groups -OCH3 is 2. The van der Waals surface area contributed by atoms with Gasteiger partial charge in [0.15, 0.2) is 0 Å². The molecule has 2 bridgehead atoms. The lowest BCUT2D eigenvalue weighted by Crippen LogP contribution is -2.47. The van der Waals surface area contributed by atoms with Gasteiger partial charge in [-0.15, -0.1) is 0 Å². The molecule has 0 saturated heterocycles. The maximum absolute atomic E-state index is 13.6. The van der Waals surface area contributed by atoms with Crippen LogP contribution in [-0.4, -0.2) is 38.9 Å². The minimum atomic E-state index is -4.53. The van der Waals surface area contributed by atoms with Crippen molar-refractivity contribution in [2.45, 2.75) is 33.1 Å². The minimum Gasteiger partial charge on any atom is -0.497 e. The Kier molecular flexibility index (Phi) is 5.44. The van der Waals surface area contributed by atoms with Crippen molar-refractivity contribution in [2.24, 2.45) is 16.7 Å². The van der Waals surface area contributed by atoms with Crippen LogP contribution < -0.4 is 24.9 Å². The molecule has 1 aromatic heterocycles. The minimum absolute atomic E-state index is 0.0400. The van der Waals surface area contributed by atoms with Crippen LogP contribution >= 0.6 is 0 Å². The average Bonchev–Trinajstić information content (AvgIpc) is 3.16. The molecule has 1 heterocycles. The van der Waals surface area contributed by atoms with Crippen molar-refractivity contribution in [1.29, 1.82) is 0 Å². The van der Waals surface area contributed by atoms with E-state index < -0.39 is 37.8 Å². The average molecular weight is 514 g/mol. The fourth-order valence-corrected chi connectivity index (χ4v) is 7.75. The second-order valence-electron chi connectivity index (χ2n) is 10.2. The number of carbonyl (C=O) groups excluding carboxylic acids is 1. The van der Waals surface area contributed by atoms with Gasteiger partial charge in [-0.3, -0.25) is 18.7 Å². The van der Waals surface area contributed by atoms with E-state index in [1.807, 2.05) is 13.8 Å². The second kappa shape index (κ2) is 8.06. The van der Waals surface area contributed by atoms with Gasteiger partial charge in [0, 0.05) is 6.42 Å². The highest BCUT2D eigenvalue weighted by Crippen LogP contribution is 2.64. The quantitative estimate of drug-likeness (QED) is 0.494. The number of nitrogens with zero attached hydrogens (tertiary/aromatic N) is 1. The van der Waals surface area contributed by atoms with Crippen molar-refractivity contribution in [3.63, 3.8) is 0 Å². The molecule has 2 atom stereocenters. The molecule has 5 rings (SSSR count). The first kappa shape index (κ1) is 24.3. The van der Waals surface area contributed by atoms with Gasteiger partial charge >= 0.3 is 10.1 Å². The number of aromatic nitrogens is 1. The number of fused-ring (bicyclic) bond motifs is 5. The lowest BCUT2D eigenvalue weighted by atomic mass is 9.70. The van der Waals surface area contributed by atoms with Crippen LogP contribution in [0.15, 0.2) is 46.0 Å². The molecular formula is C26H27NO8S. The fourth-order valence-electron chi connectivity index (χ4n) is 6.05. The molecule has 2 fully saturated rings. The third-order valence-corrected chi connectivity index (χ3v) is 9.55. The molecule has 2 aromatic carbocycles. The molecule has 0 N–H and O–H groups in total. The maximum Gasteiger partial charge on any atom is 0.328 e. The molecule has 9 nitrogen and oxygen atoms in total. The zero-order chi connectivity index (χ0) is 26.0. The van der Waals surface area contributed by atoms with Crippen molar-refractivity contribution in [3.05, 3.63) is 57.1 Å². The third kappa shape index (κ3) is 3.42. The molecule has 2 unspecified atom stereocenters. The van der Waals surface area contributed by atoms with Crippen LogP contribution in [0.4, 0.5) is 0 Å². The Balaban J connectivity index is 1.73. The highest BCUT2D eigenvalue weighted by molar-refractivity contribution is 7.86. The van der Waals surface area contributed by atoms with Crippen LogP contribution in [-0.2, 0) is 14.9 Å². The van der Waals surface area contributed by atoms with E-state index in [0.29, 0.717) is 35.1 Å². The summed E-state index contributed by atoms with van der Waals surface area (Å²) in [6.07, 6.45) is 1.49. The van der Waals surface area contributed by atoms with E-state index in [1.165, 1.54) is 26.4 Å². The number of ketones is 1. The first-order valence-electron chi connectivity index (χ1n) is 11.6. The molecule has 0 spiro atoms. The molecule has 2 saturated carbocycles. The van der Waals surface area contributed by atoms with E-state index in [9.17, 15) is 22.8 Å². The van der Waals surface area contributed by atoms with Gasteiger partial charge in [-0.05, 0) is 71.3 Å². The summed E-state index contributed by atoms with van der Waals surface area (Å²) < 4.78 is 42.8. The summed E-state index contributed by atoms with van der Waals surface area (Å²) in [7, 11) is -1.67. The number of rotatable bonds is 6. The summed E-state index contributed by atoms with van der Waals surface area (Å²) in [4.78, 5) is 40.0. The molecule has 3 aromatic rings. The van der Waals surface area contributed by atoms with Crippen LogP contribution in [0.1, 0.15) is 33.1 Å². The third-order valence-electron chi connectivity index (χ3n) is 8.32. The molecule has 0 aliphatic heterocycles. The van der Waals surface area contributed by atoms with Crippen molar-refractivity contribution in [2.75, 3.05) is 20.0 Å². The summed E-state index contributed by atoms with van der Waals surface area (Å²) >= 11 is 0. The number of hydrogen-bond donors (Lipinski definition) is 0. The summed E-state index contributed by atoms with van der Waals surface area (Å²) in [5, 5.41) is 0.913. The summed E-state index contributed by atoms with van der Waals surface area (Å²) in [6.45, 7) is 3.80. The van der Waals surface area contributed by atoms with Gasteiger partial charge in [0.2, 0.25) is 0 Å². The van der Waals surface area contributed by atoms with E-state index in [0.717, 1.165) is 6.42 Å². The predicted molar refractivity (Wildman–Crippen MR) is 134 cm³/mol. The molecule has 2 aliphatic carbocycles. The zero-order valence-corrected chi connectivity index (χ0v) is 21.3. The smallest absolute Gasteiger partial charge is 0.328 e. The molecule has 0 amide bonds. The molecule has 2 aliphatic rings. The van der Waals surface area contributed by atoms with Gasteiger partial charge < -0.3 is 9.47 Å². The normalized spacial score (nSPS) is 22.8. The van der Waals surface area contributed by atoms with Crippen LogP contribution in [0.25, 0.3) is 21.5 Å². The Morgan fingerprint density at radius 2 is 1.42 bits per heavy atom. The first-order chi connectivity index (χ1) is 16.9. The standard InChI is InChI=1S/C26H27NO8S/c1-25(2)15-9-10-26(25,22(28)11-15)14-36(31,32)35-27-23(29)20-12-16(33-3)5-7-18(20)19-8-6-17(34-4)13-21(19)24(27)30/h5-8,12-13,15H,9-11,14H2,1-4H3.